The van der Waals surface area contributed by atoms with Crippen molar-refractivity contribution in [2.75, 3.05) is 18.4 Å². The van der Waals surface area contributed by atoms with E-state index < -0.39 is 0 Å². The van der Waals surface area contributed by atoms with Crippen LogP contribution in [0.2, 0.25) is 0 Å². The van der Waals surface area contributed by atoms with Gasteiger partial charge in [0.1, 0.15) is 10.8 Å². The average molecular weight is 392 g/mol. The molecule has 2 N–H and O–H groups in total. The standard InChI is InChI=1S/C19H18FN3OS.ClH/c1-11(12-9-21-10-12)18(24)22-15-7-6-13(20)8-14(15)19-23-16-4-2-3-5-17(16)25-19;/h2-8,11-12,21H,9-10H2,1H3,(H,22,24);1H. The van der Waals surface area contributed by atoms with Crippen molar-refractivity contribution in [2.24, 2.45) is 11.8 Å². The number of rotatable bonds is 4. The van der Waals surface area contributed by atoms with Gasteiger partial charge in [0.05, 0.1) is 15.9 Å². The summed E-state index contributed by atoms with van der Waals surface area (Å²) in [6, 6.07) is 12.2. The number of carbonyl (C=O) groups excluding carboxylic acids is 1. The lowest BCUT2D eigenvalue weighted by molar-refractivity contribution is -0.121. The lowest BCUT2D eigenvalue weighted by Crippen LogP contribution is -2.48. The quantitative estimate of drug-likeness (QED) is 0.696. The van der Waals surface area contributed by atoms with Crippen LogP contribution in [-0.2, 0) is 4.79 Å². The zero-order valence-corrected chi connectivity index (χ0v) is 15.8. The summed E-state index contributed by atoms with van der Waals surface area (Å²) in [7, 11) is 0. The summed E-state index contributed by atoms with van der Waals surface area (Å²) in [6.45, 7) is 3.66. The second-order valence-corrected chi connectivity index (χ2v) is 7.40. The SMILES string of the molecule is CC(C(=O)Nc1ccc(F)cc1-c1nc2ccccc2s1)C1CNC1.Cl. The first-order valence-electron chi connectivity index (χ1n) is 8.29. The number of hydrogen-bond acceptors (Lipinski definition) is 4. The first kappa shape index (κ1) is 18.8. The minimum absolute atomic E-state index is 0. The van der Waals surface area contributed by atoms with Gasteiger partial charge in [-0.15, -0.1) is 23.7 Å². The normalized spacial score (nSPS) is 15.2. The second kappa shape index (κ2) is 7.70. The zero-order valence-electron chi connectivity index (χ0n) is 14.2. The summed E-state index contributed by atoms with van der Waals surface area (Å²) in [6.07, 6.45) is 0. The topological polar surface area (TPSA) is 54.0 Å². The molecule has 0 saturated carbocycles. The number of halogens is 2. The maximum Gasteiger partial charge on any atom is 0.227 e. The van der Waals surface area contributed by atoms with E-state index in [0.29, 0.717) is 22.2 Å². The summed E-state index contributed by atoms with van der Waals surface area (Å²) < 4.78 is 14.9. The molecular formula is C19H19ClFN3OS. The summed E-state index contributed by atoms with van der Waals surface area (Å²) in [4.78, 5) is 17.1. The predicted octanol–water partition coefficient (Wildman–Crippen LogP) is 4.32. The molecule has 1 unspecified atom stereocenters. The number of aromatic nitrogens is 1. The Morgan fingerprint density at radius 2 is 2.08 bits per heavy atom. The van der Waals surface area contributed by atoms with Gasteiger partial charge < -0.3 is 10.6 Å². The molecule has 4 nitrogen and oxygen atoms in total. The summed E-state index contributed by atoms with van der Waals surface area (Å²) in [5.41, 5.74) is 2.09. The molecule has 1 aliphatic rings. The first-order chi connectivity index (χ1) is 12.1. The lowest BCUT2D eigenvalue weighted by Gasteiger charge is -2.31. The van der Waals surface area contributed by atoms with Crippen LogP contribution in [0.1, 0.15) is 6.92 Å². The fraction of sp³-hybridized carbons (Fsp3) is 0.263. The third-order valence-electron chi connectivity index (χ3n) is 4.70. The zero-order chi connectivity index (χ0) is 17.4. The lowest BCUT2D eigenvalue weighted by atomic mass is 9.88. The van der Waals surface area contributed by atoms with Gasteiger partial charge in [0, 0.05) is 11.5 Å². The monoisotopic (exact) mass is 391 g/mol. The molecule has 1 aliphatic heterocycles. The van der Waals surface area contributed by atoms with E-state index in [1.165, 1.54) is 23.5 Å². The Labute approximate surface area is 161 Å². The third-order valence-corrected chi connectivity index (χ3v) is 5.77. The van der Waals surface area contributed by atoms with E-state index in [-0.39, 0.29) is 30.0 Å². The summed E-state index contributed by atoms with van der Waals surface area (Å²) >= 11 is 1.49. The molecule has 136 valence electrons. The van der Waals surface area contributed by atoms with Crippen molar-refractivity contribution in [3.8, 4) is 10.6 Å². The van der Waals surface area contributed by atoms with E-state index >= 15 is 0 Å². The minimum Gasteiger partial charge on any atom is -0.325 e. The molecule has 0 spiro atoms. The number of amides is 1. The number of fused-ring (bicyclic) bond motifs is 1. The molecule has 1 atom stereocenters. The molecule has 0 radical (unpaired) electrons. The van der Waals surface area contributed by atoms with E-state index in [1.807, 2.05) is 31.2 Å². The van der Waals surface area contributed by atoms with Crippen LogP contribution in [0.3, 0.4) is 0 Å². The third kappa shape index (κ3) is 3.58. The molecule has 1 saturated heterocycles. The highest BCUT2D eigenvalue weighted by molar-refractivity contribution is 7.21. The van der Waals surface area contributed by atoms with Crippen LogP contribution in [0.5, 0.6) is 0 Å². The summed E-state index contributed by atoms with van der Waals surface area (Å²) in [5, 5.41) is 6.85. The van der Waals surface area contributed by atoms with E-state index in [0.717, 1.165) is 23.3 Å². The number of hydrogen-bond donors (Lipinski definition) is 2. The van der Waals surface area contributed by atoms with E-state index in [4.69, 9.17) is 0 Å². The van der Waals surface area contributed by atoms with Crippen molar-refractivity contribution in [1.82, 2.24) is 10.3 Å². The number of nitrogens with zero attached hydrogens (tertiary/aromatic N) is 1. The molecule has 1 fully saturated rings. The van der Waals surface area contributed by atoms with Gasteiger partial charge >= 0.3 is 0 Å². The molecule has 26 heavy (non-hydrogen) atoms. The number of carbonyl (C=O) groups is 1. The fourth-order valence-corrected chi connectivity index (χ4v) is 3.91. The fourth-order valence-electron chi connectivity index (χ4n) is 2.92. The Balaban J connectivity index is 0.00000196. The highest BCUT2D eigenvalue weighted by Gasteiger charge is 2.29. The maximum absolute atomic E-state index is 13.8. The van der Waals surface area contributed by atoms with E-state index in [2.05, 4.69) is 15.6 Å². The molecule has 4 rings (SSSR count). The van der Waals surface area contributed by atoms with Gasteiger partial charge in [0.15, 0.2) is 0 Å². The average Bonchev–Trinajstić information content (AvgIpc) is 2.98. The molecule has 2 aromatic carbocycles. The van der Waals surface area contributed by atoms with Crippen molar-refractivity contribution in [1.29, 1.82) is 0 Å². The van der Waals surface area contributed by atoms with Gasteiger partial charge in [-0.3, -0.25) is 4.79 Å². The smallest absolute Gasteiger partial charge is 0.227 e. The van der Waals surface area contributed by atoms with E-state index in [1.54, 1.807) is 6.07 Å². The van der Waals surface area contributed by atoms with Crippen molar-refractivity contribution in [3.63, 3.8) is 0 Å². The molecule has 1 aromatic heterocycles. The van der Waals surface area contributed by atoms with Crippen LogP contribution in [0.25, 0.3) is 20.8 Å². The molecule has 2 heterocycles. The van der Waals surface area contributed by atoms with Gasteiger partial charge in [-0.05, 0) is 49.3 Å². The van der Waals surface area contributed by atoms with Crippen LogP contribution in [0.15, 0.2) is 42.5 Å². The molecule has 0 aliphatic carbocycles. The Morgan fingerprint density at radius 1 is 1.31 bits per heavy atom. The number of benzene rings is 2. The second-order valence-electron chi connectivity index (χ2n) is 6.37. The number of thiazole rings is 1. The van der Waals surface area contributed by atoms with Crippen LogP contribution in [-0.4, -0.2) is 24.0 Å². The molecule has 0 bridgehead atoms. The highest BCUT2D eigenvalue weighted by Crippen LogP contribution is 2.35. The Morgan fingerprint density at radius 3 is 2.77 bits per heavy atom. The molecule has 1 amide bonds. The number of nitrogens with one attached hydrogen (secondary N) is 2. The van der Waals surface area contributed by atoms with Gasteiger partial charge in [-0.2, -0.15) is 0 Å². The Kier molecular flexibility index (Phi) is 5.55. The van der Waals surface area contributed by atoms with Crippen LogP contribution in [0, 0.1) is 17.7 Å². The highest BCUT2D eigenvalue weighted by atomic mass is 35.5. The van der Waals surface area contributed by atoms with Crippen molar-refractivity contribution < 1.29 is 9.18 Å². The van der Waals surface area contributed by atoms with Crippen molar-refractivity contribution in [2.45, 2.75) is 6.92 Å². The Hall–Kier alpha value is -2.02. The van der Waals surface area contributed by atoms with Crippen LogP contribution in [0.4, 0.5) is 10.1 Å². The van der Waals surface area contributed by atoms with Crippen molar-refractivity contribution >= 4 is 45.6 Å². The van der Waals surface area contributed by atoms with Gasteiger partial charge in [-0.1, -0.05) is 19.1 Å². The van der Waals surface area contributed by atoms with Gasteiger partial charge in [0.25, 0.3) is 0 Å². The maximum atomic E-state index is 13.8. The molecule has 7 heteroatoms. The predicted molar refractivity (Wildman–Crippen MR) is 106 cm³/mol. The molecular weight excluding hydrogens is 373 g/mol. The number of anilines is 1. The molecule has 3 aromatic rings. The van der Waals surface area contributed by atoms with E-state index in [9.17, 15) is 9.18 Å². The Bertz CT molecular complexity index is 908. The summed E-state index contributed by atoms with van der Waals surface area (Å²) in [5.74, 6) is -0.121. The first-order valence-corrected chi connectivity index (χ1v) is 9.10. The van der Waals surface area contributed by atoms with Gasteiger partial charge in [-0.25, -0.2) is 9.37 Å². The van der Waals surface area contributed by atoms with Crippen LogP contribution < -0.4 is 10.6 Å². The van der Waals surface area contributed by atoms with Gasteiger partial charge in [0.2, 0.25) is 5.91 Å². The van der Waals surface area contributed by atoms with Crippen LogP contribution >= 0.6 is 23.7 Å². The van der Waals surface area contributed by atoms with Crippen molar-refractivity contribution in [3.05, 3.63) is 48.3 Å². The largest absolute Gasteiger partial charge is 0.325 e. The number of para-hydroxylation sites is 1. The minimum atomic E-state index is -0.344.